The lowest BCUT2D eigenvalue weighted by Crippen LogP contribution is -2.35. The van der Waals surface area contributed by atoms with Crippen LogP contribution in [0.2, 0.25) is 0 Å². The van der Waals surface area contributed by atoms with Crippen LogP contribution in [0.4, 0.5) is 18.0 Å². The Hall–Kier alpha value is -2.96. The van der Waals surface area contributed by atoms with Crippen molar-refractivity contribution < 1.29 is 18.0 Å². The van der Waals surface area contributed by atoms with Crippen molar-refractivity contribution in [3.8, 4) is 11.3 Å². The molecule has 0 radical (unpaired) electrons. The normalized spacial score (nSPS) is 13.6. The Bertz CT molecular complexity index is 934. The molecule has 4 nitrogen and oxygen atoms in total. The molecule has 0 spiro atoms. The van der Waals surface area contributed by atoms with Gasteiger partial charge in [-0.15, -0.1) is 0 Å². The van der Waals surface area contributed by atoms with E-state index in [4.69, 9.17) is 5.73 Å². The highest BCUT2D eigenvalue weighted by Gasteiger charge is 2.16. The van der Waals surface area contributed by atoms with Gasteiger partial charge >= 0.3 is 6.03 Å². The number of aromatic nitrogens is 1. The fourth-order valence-corrected chi connectivity index (χ4v) is 2.89. The van der Waals surface area contributed by atoms with E-state index in [-0.39, 0.29) is 11.3 Å². The molecule has 1 heterocycles. The van der Waals surface area contributed by atoms with Gasteiger partial charge in [0.1, 0.15) is 17.5 Å². The summed E-state index contributed by atoms with van der Waals surface area (Å²) in [6.45, 7) is 0.773. The summed E-state index contributed by atoms with van der Waals surface area (Å²) in [5.74, 6) is -0.896. The van der Waals surface area contributed by atoms with Crippen LogP contribution >= 0.6 is 0 Å². The third-order valence-electron chi connectivity index (χ3n) is 4.59. The number of hydrogen-bond acceptors (Lipinski definition) is 1. The Balaban J connectivity index is 0.000000197. The molecule has 4 N–H and O–H groups in total. The Morgan fingerprint density at radius 1 is 1.07 bits per heavy atom. The third-order valence-corrected chi connectivity index (χ3v) is 4.59. The van der Waals surface area contributed by atoms with E-state index in [0.717, 1.165) is 12.6 Å². The van der Waals surface area contributed by atoms with E-state index in [1.54, 1.807) is 18.2 Å². The van der Waals surface area contributed by atoms with Gasteiger partial charge in [-0.3, -0.25) is 0 Å². The molecule has 0 unspecified atom stereocenters. The molecule has 1 aromatic heterocycles. The van der Waals surface area contributed by atoms with Crippen LogP contribution in [0.15, 0.2) is 42.5 Å². The first kappa shape index (κ1) is 18.8. The molecule has 1 fully saturated rings. The molecule has 4 rings (SSSR count). The van der Waals surface area contributed by atoms with E-state index in [2.05, 4.69) is 10.3 Å². The molecule has 1 aliphatic rings. The number of carbonyl (C=O) groups is 1. The van der Waals surface area contributed by atoms with Crippen molar-refractivity contribution in [3.63, 3.8) is 0 Å². The van der Waals surface area contributed by atoms with Crippen LogP contribution < -0.4 is 11.1 Å². The summed E-state index contributed by atoms with van der Waals surface area (Å²) in [5.41, 5.74) is 6.45. The number of H-pyrrole nitrogens is 1. The summed E-state index contributed by atoms with van der Waals surface area (Å²) in [4.78, 5) is 13.0. The number of primary amides is 1. The Morgan fingerprint density at radius 2 is 1.78 bits per heavy atom. The highest BCUT2D eigenvalue weighted by molar-refractivity contribution is 5.86. The fourth-order valence-electron chi connectivity index (χ4n) is 2.89. The molecule has 2 amide bonds. The molecule has 3 aromatic rings. The fraction of sp³-hybridized carbons (Fsp3) is 0.250. The third kappa shape index (κ3) is 4.81. The minimum Gasteiger partial charge on any atom is -0.352 e. The number of hydrogen-bond donors (Lipinski definition) is 3. The van der Waals surface area contributed by atoms with E-state index in [1.807, 2.05) is 0 Å². The highest BCUT2D eigenvalue weighted by Crippen LogP contribution is 2.27. The van der Waals surface area contributed by atoms with Gasteiger partial charge in [0.2, 0.25) is 0 Å². The molecule has 2 aromatic carbocycles. The van der Waals surface area contributed by atoms with Crippen molar-refractivity contribution in [3.05, 3.63) is 59.9 Å². The maximum atomic E-state index is 13.5. The number of rotatable bonds is 3. The van der Waals surface area contributed by atoms with Crippen LogP contribution in [0.5, 0.6) is 0 Å². The first-order valence-electron chi connectivity index (χ1n) is 8.69. The van der Waals surface area contributed by atoms with Gasteiger partial charge in [0.25, 0.3) is 0 Å². The Kier molecular flexibility index (Phi) is 5.69. The Morgan fingerprint density at radius 3 is 2.37 bits per heavy atom. The van der Waals surface area contributed by atoms with E-state index in [0.29, 0.717) is 22.6 Å². The number of nitrogens with one attached hydrogen (secondary N) is 2. The van der Waals surface area contributed by atoms with E-state index < -0.39 is 17.7 Å². The molecule has 7 heteroatoms. The highest BCUT2D eigenvalue weighted by atomic mass is 19.1. The van der Waals surface area contributed by atoms with E-state index in [1.165, 1.54) is 37.5 Å². The van der Waals surface area contributed by atoms with Gasteiger partial charge in [-0.25, -0.2) is 18.0 Å². The van der Waals surface area contributed by atoms with Crippen molar-refractivity contribution in [1.82, 2.24) is 10.3 Å². The first-order chi connectivity index (χ1) is 12.9. The molecule has 0 saturated heterocycles. The molecular formula is C20H20F3N3O. The van der Waals surface area contributed by atoms with Crippen molar-refractivity contribution in [1.29, 1.82) is 0 Å². The van der Waals surface area contributed by atoms with Crippen molar-refractivity contribution in [2.75, 3.05) is 6.54 Å². The number of carbonyl (C=O) groups excluding carboxylic acids is 1. The Labute approximate surface area is 154 Å². The van der Waals surface area contributed by atoms with Gasteiger partial charge in [-0.1, -0.05) is 6.42 Å². The first-order valence-corrected chi connectivity index (χ1v) is 8.69. The summed E-state index contributed by atoms with van der Waals surface area (Å²) in [7, 11) is 0. The number of fused-ring (bicyclic) bond motifs is 1. The predicted octanol–water partition coefficient (Wildman–Crippen LogP) is 4.71. The average Bonchev–Trinajstić information content (AvgIpc) is 2.98. The second kappa shape index (κ2) is 8.16. The summed E-state index contributed by atoms with van der Waals surface area (Å²) in [5, 5.41) is 3.04. The zero-order valence-corrected chi connectivity index (χ0v) is 14.6. The van der Waals surface area contributed by atoms with Gasteiger partial charge in [-0.05, 0) is 60.7 Å². The lowest BCUT2D eigenvalue weighted by atomic mass is 9.85. The lowest BCUT2D eigenvalue weighted by molar-refractivity contribution is 0.240. The van der Waals surface area contributed by atoms with Crippen LogP contribution in [0.1, 0.15) is 19.3 Å². The standard InChI is InChI=1S/C14H8F3N.C6H12N2O/c15-10-3-1-8(2-4-10)13-6-9-5-11(16)7-12(17)14(9)18-13;7-6(9)8-4-5-2-1-3-5/h1-7,18H;5H,1-4H2,(H3,7,8,9). The quantitative estimate of drug-likeness (QED) is 0.610. The van der Waals surface area contributed by atoms with E-state index >= 15 is 0 Å². The SMILES string of the molecule is Fc1ccc(-c2cc3cc(F)cc(F)c3[nH]2)cc1.NC(=O)NCC1CCC1. The molecular weight excluding hydrogens is 355 g/mol. The number of amides is 2. The topological polar surface area (TPSA) is 70.9 Å². The number of nitrogens with two attached hydrogens (primary N) is 1. The second-order valence-corrected chi connectivity index (χ2v) is 6.58. The van der Waals surface area contributed by atoms with Gasteiger partial charge < -0.3 is 16.0 Å². The second-order valence-electron chi connectivity index (χ2n) is 6.58. The molecule has 142 valence electrons. The van der Waals surface area contributed by atoms with Crippen LogP contribution in [0, 0.1) is 23.4 Å². The van der Waals surface area contributed by atoms with Crippen molar-refractivity contribution >= 4 is 16.9 Å². The summed E-state index contributed by atoms with van der Waals surface area (Å²) >= 11 is 0. The number of aromatic amines is 1. The smallest absolute Gasteiger partial charge is 0.312 e. The predicted molar refractivity (Wildman–Crippen MR) is 98.5 cm³/mol. The molecule has 0 atom stereocenters. The number of benzene rings is 2. The van der Waals surface area contributed by atoms with E-state index in [9.17, 15) is 18.0 Å². The zero-order chi connectivity index (χ0) is 19.4. The molecule has 1 saturated carbocycles. The van der Waals surface area contributed by atoms with Crippen LogP contribution in [-0.2, 0) is 0 Å². The minimum absolute atomic E-state index is 0.246. The van der Waals surface area contributed by atoms with Crippen molar-refractivity contribution in [2.24, 2.45) is 11.7 Å². The maximum Gasteiger partial charge on any atom is 0.312 e. The van der Waals surface area contributed by atoms with Gasteiger partial charge in [-0.2, -0.15) is 0 Å². The molecule has 1 aliphatic carbocycles. The lowest BCUT2D eigenvalue weighted by Gasteiger charge is -2.24. The van der Waals surface area contributed by atoms with Gasteiger partial charge in [0.05, 0.1) is 5.52 Å². The summed E-state index contributed by atoms with van der Waals surface area (Å²) in [6, 6.07) is 9.10. The maximum absolute atomic E-state index is 13.5. The minimum atomic E-state index is -0.640. The molecule has 0 bridgehead atoms. The summed E-state index contributed by atoms with van der Waals surface area (Å²) in [6.07, 6.45) is 3.81. The van der Waals surface area contributed by atoms with Crippen LogP contribution in [0.25, 0.3) is 22.2 Å². The largest absolute Gasteiger partial charge is 0.352 e. The summed E-state index contributed by atoms with van der Waals surface area (Å²) < 4.78 is 39.4. The van der Waals surface area contributed by atoms with Crippen LogP contribution in [0.3, 0.4) is 0 Å². The average molecular weight is 375 g/mol. The van der Waals surface area contributed by atoms with Crippen LogP contribution in [-0.4, -0.2) is 17.6 Å². The monoisotopic (exact) mass is 375 g/mol. The van der Waals surface area contributed by atoms with Gasteiger partial charge in [0, 0.05) is 23.7 Å². The van der Waals surface area contributed by atoms with Crippen molar-refractivity contribution in [2.45, 2.75) is 19.3 Å². The number of halogens is 3. The van der Waals surface area contributed by atoms with Gasteiger partial charge in [0.15, 0.2) is 0 Å². The number of urea groups is 1. The molecule has 0 aliphatic heterocycles. The molecule has 27 heavy (non-hydrogen) atoms. The zero-order valence-electron chi connectivity index (χ0n) is 14.6.